The molecule has 3 aromatic carbocycles. The zero-order chi connectivity index (χ0) is 24.1. The molecule has 0 saturated heterocycles. The SMILES string of the molecule is O=C(CCc1nc2ccccc2s1)OC(C(=O)Nc1ccc([N+](=O)[O-])cc1Br)c1ccccc1. The van der Waals surface area contributed by atoms with Crippen molar-refractivity contribution in [2.75, 3.05) is 5.32 Å². The minimum atomic E-state index is -1.19. The summed E-state index contributed by atoms with van der Waals surface area (Å²) in [6.45, 7) is 0. The van der Waals surface area contributed by atoms with E-state index in [-0.39, 0.29) is 12.1 Å². The molecule has 4 aromatic rings. The molecule has 0 saturated carbocycles. The average Bonchev–Trinajstić information content (AvgIpc) is 3.26. The van der Waals surface area contributed by atoms with Crippen molar-refractivity contribution in [1.29, 1.82) is 0 Å². The summed E-state index contributed by atoms with van der Waals surface area (Å²) in [5.41, 5.74) is 1.59. The Hall–Kier alpha value is -3.63. The number of carbonyl (C=O) groups is 2. The summed E-state index contributed by atoms with van der Waals surface area (Å²) in [6, 6.07) is 20.4. The number of halogens is 1. The standard InChI is InChI=1S/C24H18BrN3O5S/c25-17-14-16(28(31)32)10-11-18(17)27-24(30)23(15-6-2-1-3-7-15)33-22(29)13-12-21-26-19-8-4-5-9-20(19)34-21/h1-11,14,23H,12-13H2,(H,27,30). The predicted molar refractivity (Wildman–Crippen MR) is 133 cm³/mol. The molecule has 1 unspecified atom stereocenters. The Morgan fingerprint density at radius 3 is 2.53 bits per heavy atom. The molecule has 0 fully saturated rings. The summed E-state index contributed by atoms with van der Waals surface area (Å²) in [7, 11) is 0. The minimum absolute atomic E-state index is 0.0671. The molecule has 10 heteroatoms. The molecule has 1 amide bonds. The molecule has 0 spiro atoms. The van der Waals surface area contributed by atoms with Gasteiger partial charge in [-0.3, -0.25) is 19.7 Å². The maximum absolute atomic E-state index is 13.1. The highest BCUT2D eigenvalue weighted by molar-refractivity contribution is 9.10. The zero-order valence-corrected chi connectivity index (χ0v) is 20.0. The van der Waals surface area contributed by atoms with Crippen molar-refractivity contribution in [1.82, 2.24) is 4.98 Å². The van der Waals surface area contributed by atoms with Crippen molar-refractivity contribution >= 4 is 60.7 Å². The van der Waals surface area contributed by atoms with Crippen molar-refractivity contribution in [2.45, 2.75) is 18.9 Å². The molecule has 1 atom stereocenters. The Bertz CT molecular complexity index is 1330. The molecule has 0 aliphatic rings. The molecule has 1 N–H and O–H groups in total. The summed E-state index contributed by atoms with van der Waals surface area (Å²) >= 11 is 4.75. The fourth-order valence-electron chi connectivity index (χ4n) is 3.24. The van der Waals surface area contributed by atoms with Gasteiger partial charge < -0.3 is 10.1 Å². The lowest BCUT2D eigenvalue weighted by Crippen LogP contribution is -2.26. The molecule has 4 rings (SSSR count). The molecule has 34 heavy (non-hydrogen) atoms. The van der Waals surface area contributed by atoms with E-state index in [4.69, 9.17) is 4.74 Å². The largest absolute Gasteiger partial charge is 0.447 e. The van der Waals surface area contributed by atoms with E-state index in [1.54, 1.807) is 30.3 Å². The lowest BCUT2D eigenvalue weighted by molar-refractivity contribution is -0.384. The number of carbonyl (C=O) groups excluding carboxylic acids is 2. The van der Waals surface area contributed by atoms with Crippen LogP contribution in [-0.4, -0.2) is 21.8 Å². The molecule has 0 bridgehead atoms. The number of nitro benzene ring substituents is 1. The van der Waals surface area contributed by atoms with Gasteiger partial charge in [0.15, 0.2) is 0 Å². The van der Waals surface area contributed by atoms with E-state index >= 15 is 0 Å². The highest BCUT2D eigenvalue weighted by Gasteiger charge is 2.26. The van der Waals surface area contributed by atoms with E-state index in [0.29, 0.717) is 22.1 Å². The first-order chi connectivity index (χ1) is 16.4. The number of hydrogen-bond acceptors (Lipinski definition) is 7. The summed E-state index contributed by atoms with van der Waals surface area (Å²) in [5, 5.41) is 14.4. The number of fused-ring (bicyclic) bond motifs is 1. The fraction of sp³-hybridized carbons (Fsp3) is 0.125. The molecule has 0 aliphatic heterocycles. The van der Waals surface area contributed by atoms with Crippen LogP contribution in [0.25, 0.3) is 10.2 Å². The van der Waals surface area contributed by atoms with Crippen molar-refractivity contribution in [3.63, 3.8) is 0 Å². The predicted octanol–water partition coefficient (Wildman–Crippen LogP) is 5.82. The smallest absolute Gasteiger partial charge is 0.307 e. The van der Waals surface area contributed by atoms with Crippen LogP contribution in [0.15, 0.2) is 77.3 Å². The highest BCUT2D eigenvalue weighted by Crippen LogP contribution is 2.29. The third-order valence-corrected chi connectivity index (χ3v) is 6.64. The van der Waals surface area contributed by atoms with Crippen LogP contribution in [0.2, 0.25) is 0 Å². The number of para-hydroxylation sites is 1. The van der Waals surface area contributed by atoms with Crippen LogP contribution >= 0.6 is 27.3 Å². The van der Waals surface area contributed by atoms with Crippen molar-refractivity contribution in [2.24, 2.45) is 0 Å². The Morgan fingerprint density at radius 1 is 1.09 bits per heavy atom. The van der Waals surface area contributed by atoms with Gasteiger partial charge in [0.05, 0.1) is 32.3 Å². The van der Waals surface area contributed by atoms with Crippen LogP contribution in [-0.2, 0) is 20.7 Å². The second-order valence-electron chi connectivity index (χ2n) is 7.27. The third-order valence-electron chi connectivity index (χ3n) is 4.89. The number of benzene rings is 3. The van der Waals surface area contributed by atoms with Gasteiger partial charge in [0.1, 0.15) is 0 Å². The molecule has 1 heterocycles. The number of aryl methyl sites for hydroxylation is 1. The topological polar surface area (TPSA) is 111 Å². The molecular formula is C24H18BrN3O5S. The van der Waals surface area contributed by atoms with Crippen molar-refractivity contribution in [3.8, 4) is 0 Å². The van der Waals surface area contributed by atoms with Crippen LogP contribution in [0, 0.1) is 10.1 Å². The number of rotatable bonds is 8. The van der Waals surface area contributed by atoms with E-state index in [0.717, 1.165) is 15.2 Å². The molecular weight excluding hydrogens is 522 g/mol. The number of aromatic nitrogens is 1. The Kier molecular flexibility index (Phi) is 7.29. The fourth-order valence-corrected chi connectivity index (χ4v) is 4.68. The maximum Gasteiger partial charge on any atom is 0.307 e. The van der Waals surface area contributed by atoms with Crippen LogP contribution in [0.5, 0.6) is 0 Å². The van der Waals surface area contributed by atoms with Gasteiger partial charge in [-0.2, -0.15) is 0 Å². The first-order valence-electron chi connectivity index (χ1n) is 10.2. The van der Waals surface area contributed by atoms with Crippen molar-refractivity contribution < 1.29 is 19.2 Å². The van der Waals surface area contributed by atoms with E-state index in [9.17, 15) is 19.7 Å². The van der Waals surface area contributed by atoms with Gasteiger partial charge in [-0.25, -0.2) is 4.98 Å². The summed E-state index contributed by atoms with van der Waals surface area (Å²) in [4.78, 5) is 40.6. The number of anilines is 1. The monoisotopic (exact) mass is 539 g/mol. The van der Waals surface area contributed by atoms with Gasteiger partial charge in [0.25, 0.3) is 11.6 Å². The van der Waals surface area contributed by atoms with Gasteiger partial charge >= 0.3 is 5.97 Å². The Balaban J connectivity index is 1.46. The first kappa shape index (κ1) is 23.5. The molecule has 0 aliphatic carbocycles. The number of nitro groups is 1. The van der Waals surface area contributed by atoms with E-state index < -0.39 is 22.9 Å². The number of non-ortho nitro benzene ring substituents is 1. The zero-order valence-electron chi connectivity index (χ0n) is 17.6. The molecule has 8 nitrogen and oxygen atoms in total. The van der Waals surface area contributed by atoms with E-state index in [2.05, 4.69) is 26.2 Å². The van der Waals surface area contributed by atoms with E-state index in [1.165, 1.54) is 29.5 Å². The van der Waals surface area contributed by atoms with Crippen LogP contribution in [0.4, 0.5) is 11.4 Å². The van der Waals surface area contributed by atoms with Crippen LogP contribution in [0.3, 0.4) is 0 Å². The second-order valence-corrected chi connectivity index (χ2v) is 9.24. The number of thiazole rings is 1. The summed E-state index contributed by atoms with van der Waals surface area (Å²) < 4.78 is 6.95. The minimum Gasteiger partial charge on any atom is -0.447 e. The van der Waals surface area contributed by atoms with E-state index in [1.807, 2.05) is 24.3 Å². The number of ether oxygens (including phenoxy) is 1. The summed E-state index contributed by atoms with van der Waals surface area (Å²) in [6.07, 6.45) is -0.724. The number of hydrogen-bond donors (Lipinski definition) is 1. The lowest BCUT2D eigenvalue weighted by atomic mass is 10.1. The third kappa shape index (κ3) is 5.64. The lowest BCUT2D eigenvalue weighted by Gasteiger charge is -2.18. The van der Waals surface area contributed by atoms with Gasteiger partial charge in [-0.15, -0.1) is 11.3 Å². The Morgan fingerprint density at radius 2 is 1.82 bits per heavy atom. The molecule has 172 valence electrons. The number of nitrogens with zero attached hydrogens (tertiary/aromatic N) is 2. The van der Waals surface area contributed by atoms with Gasteiger partial charge in [0.2, 0.25) is 6.10 Å². The molecule has 1 aromatic heterocycles. The normalized spacial score (nSPS) is 11.7. The molecule has 0 radical (unpaired) electrons. The van der Waals surface area contributed by atoms with Crippen LogP contribution < -0.4 is 5.32 Å². The van der Waals surface area contributed by atoms with Gasteiger partial charge in [-0.1, -0.05) is 42.5 Å². The maximum atomic E-state index is 13.1. The van der Waals surface area contributed by atoms with Gasteiger partial charge in [-0.05, 0) is 34.1 Å². The number of esters is 1. The first-order valence-corrected chi connectivity index (χ1v) is 11.9. The van der Waals surface area contributed by atoms with Gasteiger partial charge in [0, 0.05) is 28.6 Å². The quantitative estimate of drug-likeness (QED) is 0.171. The Labute approximate surface area is 206 Å². The second kappa shape index (κ2) is 10.5. The van der Waals surface area contributed by atoms with Crippen LogP contribution in [0.1, 0.15) is 23.1 Å². The number of amides is 1. The van der Waals surface area contributed by atoms with Crippen molar-refractivity contribution in [3.05, 3.63) is 98.0 Å². The number of nitrogens with one attached hydrogen (secondary N) is 1. The summed E-state index contributed by atoms with van der Waals surface area (Å²) in [5.74, 6) is -1.11. The average molecular weight is 540 g/mol. The highest BCUT2D eigenvalue weighted by atomic mass is 79.9.